The van der Waals surface area contributed by atoms with Gasteiger partial charge in [0.25, 0.3) is 0 Å². The molecule has 3 unspecified atom stereocenters. The van der Waals surface area contributed by atoms with Crippen molar-refractivity contribution in [1.29, 1.82) is 0 Å². The van der Waals surface area contributed by atoms with E-state index in [1.807, 2.05) is 0 Å². The van der Waals surface area contributed by atoms with Gasteiger partial charge in [0, 0.05) is 24.2 Å². The summed E-state index contributed by atoms with van der Waals surface area (Å²) in [5, 5.41) is 0. The molecule has 0 aromatic heterocycles. The van der Waals surface area contributed by atoms with Crippen LogP contribution in [0.2, 0.25) is 0 Å². The number of esters is 1. The van der Waals surface area contributed by atoms with Crippen molar-refractivity contribution in [1.82, 2.24) is 0 Å². The number of carbonyl (C=O) groups excluding carboxylic acids is 1. The molecule has 0 radical (unpaired) electrons. The summed E-state index contributed by atoms with van der Waals surface area (Å²) in [4.78, 5) is 12.1. The van der Waals surface area contributed by atoms with Crippen LogP contribution in [-0.2, 0) is 28.5 Å². The number of fused-ring (bicyclic) bond motifs is 3. The first-order chi connectivity index (χ1) is 14.8. The van der Waals surface area contributed by atoms with E-state index in [0.29, 0.717) is 56.5 Å². The normalized spacial score (nSPS) is 45.4. The number of rotatable bonds is 4. The Kier molecular flexibility index (Phi) is 5.48. The molecule has 3 aliphatic carbocycles. The van der Waals surface area contributed by atoms with Crippen LogP contribution in [0.3, 0.4) is 0 Å². The van der Waals surface area contributed by atoms with E-state index in [0.717, 1.165) is 25.7 Å². The molecule has 0 aromatic carbocycles. The molecule has 5 fully saturated rings. The summed E-state index contributed by atoms with van der Waals surface area (Å²) in [6.07, 6.45) is 8.00. The lowest BCUT2D eigenvalue weighted by Gasteiger charge is -2.61. The highest BCUT2D eigenvalue weighted by Crippen LogP contribution is 2.69. The Balaban J connectivity index is 1.43. The van der Waals surface area contributed by atoms with Crippen molar-refractivity contribution in [3.05, 3.63) is 0 Å². The molecule has 0 N–H and O–H groups in total. The Morgan fingerprint density at radius 2 is 1.55 bits per heavy atom. The van der Waals surface area contributed by atoms with Crippen molar-refractivity contribution >= 4 is 5.97 Å². The molecule has 1 spiro atoms. The smallest absolute Gasteiger partial charge is 0.305 e. The van der Waals surface area contributed by atoms with Crippen LogP contribution in [0.5, 0.6) is 0 Å². The first kappa shape index (κ1) is 22.1. The average molecular weight is 437 g/mol. The van der Waals surface area contributed by atoms with Crippen molar-refractivity contribution in [3.63, 3.8) is 0 Å². The van der Waals surface area contributed by atoms with Gasteiger partial charge in [-0.25, -0.2) is 0 Å². The third-order valence-corrected chi connectivity index (χ3v) is 10.3. The summed E-state index contributed by atoms with van der Waals surface area (Å²) in [6, 6.07) is 0. The Labute approximate surface area is 186 Å². The molecular formula is C25H40O6. The highest BCUT2D eigenvalue weighted by Gasteiger charge is 2.67. The molecule has 6 atom stereocenters. The predicted molar refractivity (Wildman–Crippen MR) is 114 cm³/mol. The average Bonchev–Trinajstić information content (AvgIpc) is 3.48. The van der Waals surface area contributed by atoms with Gasteiger partial charge in [-0.15, -0.1) is 0 Å². The van der Waals surface area contributed by atoms with E-state index in [9.17, 15) is 4.79 Å². The zero-order chi connectivity index (χ0) is 21.9. The molecule has 6 nitrogen and oxygen atoms in total. The monoisotopic (exact) mass is 436 g/mol. The van der Waals surface area contributed by atoms with Gasteiger partial charge in [-0.1, -0.05) is 13.8 Å². The maximum absolute atomic E-state index is 12.1. The number of methoxy groups -OCH3 is 1. The lowest BCUT2D eigenvalue weighted by molar-refractivity contribution is -0.295. The molecule has 6 heteroatoms. The van der Waals surface area contributed by atoms with Crippen LogP contribution in [0, 0.1) is 34.5 Å². The summed E-state index contributed by atoms with van der Waals surface area (Å²) in [5.74, 6) is 1.13. The summed E-state index contributed by atoms with van der Waals surface area (Å²) in [7, 11) is 1.48. The molecular weight excluding hydrogens is 396 g/mol. The van der Waals surface area contributed by atoms with Crippen LogP contribution < -0.4 is 0 Å². The van der Waals surface area contributed by atoms with Crippen molar-refractivity contribution in [3.8, 4) is 0 Å². The summed E-state index contributed by atoms with van der Waals surface area (Å²) >= 11 is 0. The van der Waals surface area contributed by atoms with Crippen LogP contribution in [0.15, 0.2) is 0 Å². The highest BCUT2D eigenvalue weighted by molar-refractivity contribution is 5.69. The zero-order valence-corrected chi connectivity index (χ0v) is 19.7. The van der Waals surface area contributed by atoms with Gasteiger partial charge >= 0.3 is 5.97 Å². The fraction of sp³-hybridized carbons (Fsp3) is 0.960. The van der Waals surface area contributed by atoms with Gasteiger partial charge in [0.15, 0.2) is 11.6 Å². The topological polar surface area (TPSA) is 63.2 Å². The molecule has 0 bridgehead atoms. The van der Waals surface area contributed by atoms with E-state index in [-0.39, 0.29) is 16.8 Å². The van der Waals surface area contributed by atoms with Crippen molar-refractivity contribution < 1.29 is 28.5 Å². The minimum absolute atomic E-state index is 0.137. The standard InChI is InChI=1S/C25H40O6/c1-22-10-8-19-17(18(22)5-6-20(22)24(3)28-13-14-29-24)7-12-25(30-15-16-31-25)23(19,2)11-9-21(26)27-4/h17-20H,5-16H2,1-4H3/t17?,18?,19?,20-,22-,23+/m0/s1. The summed E-state index contributed by atoms with van der Waals surface area (Å²) in [6.45, 7) is 9.73. The molecule has 2 heterocycles. The van der Waals surface area contributed by atoms with Crippen LogP contribution in [0.4, 0.5) is 0 Å². The summed E-state index contributed by atoms with van der Waals surface area (Å²) in [5.41, 5.74) is 0.0652. The number of hydrogen-bond donors (Lipinski definition) is 0. The fourth-order valence-electron chi connectivity index (χ4n) is 8.77. The van der Waals surface area contributed by atoms with Crippen LogP contribution >= 0.6 is 0 Å². The minimum atomic E-state index is -0.544. The van der Waals surface area contributed by atoms with Gasteiger partial charge in [0.05, 0.1) is 33.5 Å². The Morgan fingerprint density at radius 3 is 2.23 bits per heavy atom. The maximum atomic E-state index is 12.1. The lowest BCUT2D eigenvalue weighted by atomic mass is 9.46. The molecule has 2 saturated heterocycles. The first-order valence-corrected chi connectivity index (χ1v) is 12.4. The third kappa shape index (κ3) is 3.15. The van der Waals surface area contributed by atoms with E-state index in [1.165, 1.54) is 26.4 Å². The van der Waals surface area contributed by atoms with Gasteiger partial charge in [0.1, 0.15) is 0 Å². The molecule has 5 rings (SSSR count). The predicted octanol–water partition coefficient (Wildman–Crippen LogP) is 4.30. The number of ether oxygens (including phenoxy) is 5. The van der Waals surface area contributed by atoms with E-state index in [1.54, 1.807) is 0 Å². The second-order valence-corrected chi connectivity index (χ2v) is 11.2. The van der Waals surface area contributed by atoms with E-state index in [4.69, 9.17) is 23.7 Å². The Bertz CT molecular complexity index is 696. The largest absolute Gasteiger partial charge is 0.469 e. The van der Waals surface area contributed by atoms with E-state index in [2.05, 4.69) is 20.8 Å². The summed E-state index contributed by atoms with van der Waals surface area (Å²) < 4.78 is 30.0. The second-order valence-electron chi connectivity index (χ2n) is 11.2. The SMILES string of the molecule is COC(=O)CC[C@]1(C)C2CC[C@@]3(C)C(CC[C@@H]3C3(C)OCCO3)C2CCC12OCCO2. The van der Waals surface area contributed by atoms with Gasteiger partial charge in [-0.2, -0.15) is 0 Å². The molecule has 0 amide bonds. The van der Waals surface area contributed by atoms with Gasteiger partial charge in [0.2, 0.25) is 0 Å². The second kappa shape index (κ2) is 7.68. The molecule has 0 aromatic rings. The zero-order valence-electron chi connectivity index (χ0n) is 19.7. The van der Waals surface area contributed by atoms with Crippen LogP contribution in [0.25, 0.3) is 0 Å². The third-order valence-electron chi connectivity index (χ3n) is 10.3. The molecule has 176 valence electrons. The molecule has 3 saturated carbocycles. The van der Waals surface area contributed by atoms with Crippen molar-refractivity contribution in [2.45, 2.75) is 83.7 Å². The highest BCUT2D eigenvalue weighted by atomic mass is 16.7. The maximum Gasteiger partial charge on any atom is 0.305 e. The van der Waals surface area contributed by atoms with Crippen molar-refractivity contribution in [2.75, 3.05) is 33.5 Å². The molecule has 31 heavy (non-hydrogen) atoms. The number of hydrogen-bond acceptors (Lipinski definition) is 6. The van der Waals surface area contributed by atoms with Gasteiger partial charge in [-0.3, -0.25) is 4.79 Å². The Hall–Kier alpha value is -0.690. The lowest BCUT2D eigenvalue weighted by Crippen LogP contribution is -2.61. The van der Waals surface area contributed by atoms with Crippen LogP contribution in [-0.4, -0.2) is 51.1 Å². The first-order valence-electron chi connectivity index (χ1n) is 12.4. The minimum Gasteiger partial charge on any atom is -0.469 e. The quantitative estimate of drug-likeness (QED) is 0.612. The van der Waals surface area contributed by atoms with Gasteiger partial charge in [-0.05, 0) is 68.6 Å². The molecule has 2 aliphatic heterocycles. The van der Waals surface area contributed by atoms with Crippen LogP contribution in [0.1, 0.15) is 72.1 Å². The Morgan fingerprint density at radius 1 is 0.871 bits per heavy atom. The van der Waals surface area contributed by atoms with Crippen molar-refractivity contribution in [2.24, 2.45) is 34.5 Å². The van der Waals surface area contributed by atoms with E-state index < -0.39 is 11.6 Å². The van der Waals surface area contributed by atoms with Gasteiger partial charge < -0.3 is 23.7 Å². The fourth-order valence-corrected chi connectivity index (χ4v) is 8.77. The number of carbonyl (C=O) groups is 1. The van der Waals surface area contributed by atoms with E-state index >= 15 is 0 Å². The molecule has 5 aliphatic rings.